The van der Waals surface area contributed by atoms with Crippen LogP contribution in [0.2, 0.25) is 10.0 Å². The van der Waals surface area contributed by atoms with E-state index in [1.807, 2.05) is 110 Å². The molecule has 2 saturated heterocycles. The molecule has 0 atom stereocenters. The summed E-state index contributed by atoms with van der Waals surface area (Å²) >= 11 is 13.6. The zero-order valence-corrected chi connectivity index (χ0v) is 51.2. The fourth-order valence-corrected chi connectivity index (χ4v) is 11.5. The van der Waals surface area contributed by atoms with E-state index in [2.05, 4.69) is 30.4 Å². The van der Waals surface area contributed by atoms with Crippen molar-refractivity contribution in [1.82, 2.24) is 40.2 Å². The van der Waals surface area contributed by atoms with Gasteiger partial charge in [0.05, 0.1) is 59.6 Å². The van der Waals surface area contributed by atoms with Crippen molar-refractivity contribution in [2.45, 2.75) is 145 Å². The van der Waals surface area contributed by atoms with Gasteiger partial charge in [0, 0.05) is 48.7 Å². The number of nitrogens with zero attached hydrogens (tertiary/aromatic N) is 5. The van der Waals surface area contributed by atoms with E-state index in [4.69, 9.17) is 42.2 Å². The van der Waals surface area contributed by atoms with Crippen molar-refractivity contribution in [2.24, 2.45) is 0 Å². The van der Waals surface area contributed by atoms with Crippen LogP contribution in [0.1, 0.15) is 136 Å². The minimum Gasteiger partial charge on any atom is -0.489 e. The van der Waals surface area contributed by atoms with Crippen LogP contribution in [0.5, 0.6) is 17.4 Å². The highest BCUT2D eigenvalue weighted by Gasteiger charge is 2.34. The maximum Gasteiger partial charge on any atom is 0.446 e. The number of benzene rings is 3. The monoisotopic (exact) mass is 1220 g/mol. The molecule has 0 radical (unpaired) electrons. The molecule has 0 aliphatic carbocycles. The third kappa shape index (κ3) is 18.0. The molecule has 4 aliphatic heterocycles. The number of carbonyl (C=O) groups excluding carboxylic acids is 5. The lowest BCUT2D eigenvalue weighted by atomic mass is 9.92. The molecule has 22 heteroatoms. The van der Waals surface area contributed by atoms with E-state index in [9.17, 15) is 37.1 Å². The number of aldehydes is 1. The van der Waals surface area contributed by atoms with E-state index in [-0.39, 0.29) is 53.0 Å². The van der Waals surface area contributed by atoms with Crippen molar-refractivity contribution in [1.29, 1.82) is 0 Å². The van der Waals surface area contributed by atoms with Crippen molar-refractivity contribution >= 4 is 53.1 Å². The number of aromatic amines is 1. The van der Waals surface area contributed by atoms with Crippen LogP contribution in [0.4, 0.5) is 13.2 Å². The molecule has 2 aromatic heterocycles. The van der Waals surface area contributed by atoms with E-state index < -0.39 is 12.5 Å². The number of likely N-dealkylation sites (tertiary alicyclic amines) is 2. The van der Waals surface area contributed by atoms with Gasteiger partial charge in [-0.1, -0.05) is 53.5 Å². The SMILES string of the molecule is Cc1cc(C)c(CN2CCc3c(CNC(=O)CN4CCCC4)cc(OC(C)C)c(Cl)c3C2=O)c(=O)[nH]1.Cc1cc(C)c(CN2CCc3c(CNC(=O)CN4CCCC4)cc(OC(C)C)c(Cl)c3C2=O)c(OCc2ccccc2)n1.O=CC(F)(F)F. The lowest BCUT2D eigenvalue weighted by Gasteiger charge is -2.32. The van der Waals surface area contributed by atoms with Gasteiger partial charge in [0.2, 0.25) is 24.0 Å². The summed E-state index contributed by atoms with van der Waals surface area (Å²) in [5.74, 6) is 0.946. The number of ether oxygens (including phenoxy) is 3. The summed E-state index contributed by atoms with van der Waals surface area (Å²) in [6, 6.07) is 17.6. The first-order valence-corrected chi connectivity index (χ1v) is 29.6. The molecular weight excluding hydrogens is 1140 g/mol. The maximum atomic E-state index is 14.1. The summed E-state index contributed by atoms with van der Waals surface area (Å²) in [5, 5.41) is 6.66. The van der Waals surface area contributed by atoms with Crippen LogP contribution in [-0.4, -0.2) is 130 Å². The van der Waals surface area contributed by atoms with Crippen molar-refractivity contribution in [3.05, 3.63) is 148 Å². The predicted octanol–water partition coefficient (Wildman–Crippen LogP) is 9.72. The molecule has 0 unspecified atom stereocenters. The first-order valence-electron chi connectivity index (χ1n) is 28.8. The van der Waals surface area contributed by atoms with Crippen LogP contribution in [0.25, 0.3) is 0 Å². The number of halogens is 5. The lowest BCUT2D eigenvalue weighted by Crippen LogP contribution is -2.40. The van der Waals surface area contributed by atoms with Crippen molar-refractivity contribution in [2.75, 3.05) is 52.4 Å². The largest absolute Gasteiger partial charge is 0.489 e. The Labute approximate surface area is 504 Å². The zero-order chi connectivity index (χ0) is 61.7. The Balaban J connectivity index is 0.000000225. The number of rotatable bonds is 19. The number of amides is 4. The van der Waals surface area contributed by atoms with E-state index in [0.29, 0.717) is 104 Å². The van der Waals surface area contributed by atoms with Gasteiger partial charge < -0.3 is 39.6 Å². The van der Waals surface area contributed by atoms with Crippen LogP contribution >= 0.6 is 23.2 Å². The fourth-order valence-electron chi connectivity index (χ4n) is 10.9. The Morgan fingerprint density at radius 3 is 1.56 bits per heavy atom. The number of fused-ring (bicyclic) bond motifs is 2. The second-order valence-electron chi connectivity index (χ2n) is 22.5. The molecule has 458 valence electrons. The molecule has 0 bridgehead atoms. The molecule has 17 nitrogen and oxygen atoms in total. The highest BCUT2D eigenvalue weighted by Crippen LogP contribution is 2.40. The number of carbonyl (C=O) groups is 5. The van der Waals surface area contributed by atoms with E-state index in [0.717, 1.165) is 108 Å². The Morgan fingerprint density at radius 1 is 0.682 bits per heavy atom. The fraction of sp³-hybridized carbons (Fsp3) is 0.476. The maximum absolute atomic E-state index is 14.1. The van der Waals surface area contributed by atoms with Crippen molar-refractivity contribution in [3.63, 3.8) is 0 Å². The van der Waals surface area contributed by atoms with E-state index in [1.165, 1.54) is 0 Å². The van der Waals surface area contributed by atoms with E-state index in [1.54, 1.807) is 9.80 Å². The lowest BCUT2D eigenvalue weighted by molar-refractivity contribution is -0.156. The Morgan fingerprint density at radius 2 is 1.13 bits per heavy atom. The summed E-state index contributed by atoms with van der Waals surface area (Å²) in [6.07, 6.45) is -0.276. The molecule has 4 amide bonds. The molecular formula is C63H77Cl2F3N8O9. The highest BCUT2D eigenvalue weighted by atomic mass is 35.5. The average molecular weight is 1220 g/mol. The van der Waals surface area contributed by atoms with Gasteiger partial charge in [0.15, 0.2) is 0 Å². The second-order valence-corrected chi connectivity index (χ2v) is 23.2. The molecule has 4 aliphatic rings. The summed E-state index contributed by atoms with van der Waals surface area (Å²) in [6.45, 7) is 22.4. The molecule has 2 fully saturated rings. The van der Waals surface area contributed by atoms with Gasteiger partial charge >= 0.3 is 6.18 Å². The quantitative estimate of drug-likeness (QED) is 0.0664. The highest BCUT2D eigenvalue weighted by molar-refractivity contribution is 6.36. The summed E-state index contributed by atoms with van der Waals surface area (Å²) in [5.41, 5.74) is 10.0. The van der Waals surface area contributed by atoms with Gasteiger partial charge in [-0.25, -0.2) is 4.98 Å². The van der Waals surface area contributed by atoms with Crippen molar-refractivity contribution < 1.29 is 51.4 Å². The third-order valence-electron chi connectivity index (χ3n) is 14.9. The van der Waals surface area contributed by atoms with Gasteiger partial charge in [-0.2, -0.15) is 13.2 Å². The number of hydrogen-bond acceptors (Lipinski definition) is 12. The molecule has 0 saturated carbocycles. The van der Waals surface area contributed by atoms with Gasteiger partial charge in [-0.3, -0.25) is 38.6 Å². The Hall–Kier alpha value is -7.00. The molecule has 6 heterocycles. The van der Waals surface area contributed by atoms with Gasteiger partial charge in [-0.15, -0.1) is 0 Å². The zero-order valence-electron chi connectivity index (χ0n) is 49.7. The molecule has 3 N–H and O–H groups in total. The molecule has 5 aromatic rings. The number of aryl methyl sites for hydroxylation is 4. The Kier molecular flexibility index (Phi) is 23.0. The van der Waals surface area contributed by atoms with Gasteiger partial charge in [-0.05, 0) is 183 Å². The normalized spacial score (nSPS) is 15.2. The van der Waals surface area contributed by atoms with Gasteiger partial charge in [0.25, 0.3) is 17.4 Å². The van der Waals surface area contributed by atoms with Gasteiger partial charge in [0.1, 0.15) is 18.1 Å². The number of hydrogen-bond donors (Lipinski definition) is 3. The standard InChI is InChI=1S/C34H41ClN4O4.C27H35ClN4O4.C2HF3O/c1-22(2)43-29-17-26(18-36-30(40)20-38-13-8-9-14-38)27-12-15-39(34(41)31(27)32(29)35)19-28-23(3)16-24(4)37-33(28)42-21-25-10-6-5-7-11-25;1-16(2)36-22-12-19(13-29-23(33)15-31-8-5-6-9-31)20-7-10-32(27(35)24(20)25(22)28)14-21-17(3)11-18(4)30-26(21)34;3-2(4,5)1-6/h5-7,10-11,16-17,22H,8-9,12-15,18-21H2,1-4H3,(H,36,40);11-12,16H,5-10,13-15H2,1-4H3,(H,29,33)(H,30,34);1H. The summed E-state index contributed by atoms with van der Waals surface area (Å²) in [7, 11) is 0. The first-order chi connectivity index (χ1) is 40.4. The number of nitrogens with one attached hydrogen (secondary N) is 3. The summed E-state index contributed by atoms with van der Waals surface area (Å²) < 4.78 is 49.4. The third-order valence-corrected chi connectivity index (χ3v) is 15.7. The van der Waals surface area contributed by atoms with Crippen LogP contribution < -0.4 is 30.4 Å². The van der Waals surface area contributed by atoms with Crippen LogP contribution in [0.3, 0.4) is 0 Å². The smallest absolute Gasteiger partial charge is 0.446 e. The molecule has 85 heavy (non-hydrogen) atoms. The topological polar surface area (TPSA) is 196 Å². The van der Waals surface area contributed by atoms with Crippen LogP contribution in [0.15, 0.2) is 59.4 Å². The number of aromatic nitrogens is 2. The minimum absolute atomic E-state index is 0.0222. The molecule has 3 aromatic carbocycles. The van der Waals surface area contributed by atoms with Crippen LogP contribution in [-0.2, 0) is 60.0 Å². The number of H-pyrrole nitrogens is 1. The number of pyridine rings is 2. The van der Waals surface area contributed by atoms with Crippen LogP contribution in [0, 0.1) is 27.7 Å². The second kappa shape index (κ2) is 29.9. The average Bonchev–Trinajstić information content (AvgIpc) is 3.78. The number of alkyl halides is 3. The predicted molar refractivity (Wildman–Crippen MR) is 320 cm³/mol. The first kappa shape index (κ1) is 65.5. The molecule has 9 rings (SSSR count). The molecule has 0 spiro atoms. The minimum atomic E-state index is -4.64. The summed E-state index contributed by atoms with van der Waals surface area (Å²) in [4.78, 5) is 89.6. The van der Waals surface area contributed by atoms with E-state index >= 15 is 0 Å². The van der Waals surface area contributed by atoms with Crippen molar-refractivity contribution in [3.8, 4) is 17.4 Å². The Bertz CT molecular complexity index is 3270.